The van der Waals surface area contributed by atoms with Crippen molar-refractivity contribution in [1.82, 2.24) is 5.32 Å². The fraction of sp³-hybridized carbons (Fsp3) is 0.400. The summed E-state index contributed by atoms with van der Waals surface area (Å²) in [6, 6.07) is 16.0. The van der Waals surface area contributed by atoms with Crippen molar-refractivity contribution in [3.63, 3.8) is 0 Å². The lowest BCUT2D eigenvalue weighted by molar-refractivity contribution is 0.0999. The summed E-state index contributed by atoms with van der Waals surface area (Å²) in [7, 11) is 1.71. The van der Waals surface area contributed by atoms with Gasteiger partial charge in [0.15, 0.2) is 0 Å². The molecule has 2 atom stereocenters. The van der Waals surface area contributed by atoms with Gasteiger partial charge in [-0.1, -0.05) is 35.9 Å². The quantitative estimate of drug-likeness (QED) is 0.677. The predicted molar refractivity (Wildman–Crippen MR) is 101 cm³/mol. The normalized spacial score (nSPS) is 13.4. The number of halogens is 1. The molecular weight excluding hydrogens is 338 g/mol. The zero-order valence-corrected chi connectivity index (χ0v) is 15.5. The van der Waals surface area contributed by atoms with Crippen molar-refractivity contribution in [3.8, 4) is 5.75 Å². The van der Waals surface area contributed by atoms with E-state index in [1.165, 1.54) is 5.56 Å². The average molecular weight is 364 g/mol. The summed E-state index contributed by atoms with van der Waals surface area (Å²) in [5.74, 6) is 0.777. The van der Waals surface area contributed by atoms with Crippen LogP contribution < -0.4 is 10.1 Å². The maximum Gasteiger partial charge on any atom is 0.119 e. The fourth-order valence-corrected chi connectivity index (χ4v) is 2.86. The van der Waals surface area contributed by atoms with Gasteiger partial charge in [0.1, 0.15) is 12.4 Å². The van der Waals surface area contributed by atoms with E-state index >= 15 is 0 Å². The Balaban J connectivity index is 1.83. The van der Waals surface area contributed by atoms with Gasteiger partial charge in [-0.2, -0.15) is 0 Å². The van der Waals surface area contributed by atoms with E-state index in [9.17, 15) is 0 Å². The highest BCUT2D eigenvalue weighted by atomic mass is 35.5. The van der Waals surface area contributed by atoms with E-state index in [1.807, 2.05) is 36.4 Å². The second-order valence-corrected chi connectivity index (χ2v) is 6.45. The Morgan fingerprint density at radius 1 is 1.16 bits per heavy atom. The van der Waals surface area contributed by atoms with E-state index in [1.54, 1.807) is 7.11 Å². The molecule has 25 heavy (non-hydrogen) atoms. The van der Waals surface area contributed by atoms with Crippen molar-refractivity contribution in [2.45, 2.75) is 25.5 Å². The van der Waals surface area contributed by atoms with Crippen LogP contribution in [0, 0.1) is 0 Å². The highest BCUT2D eigenvalue weighted by Crippen LogP contribution is 2.20. The van der Waals surface area contributed by atoms with Crippen molar-refractivity contribution >= 4 is 11.6 Å². The molecule has 0 heterocycles. The molecule has 2 N–H and O–H groups in total. The minimum absolute atomic E-state index is 0.0238. The molecule has 0 bridgehead atoms. The van der Waals surface area contributed by atoms with Crippen LogP contribution in [-0.2, 0) is 11.2 Å². The molecule has 136 valence electrons. The highest BCUT2D eigenvalue weighted by Gasteiger charge is 2.12. The third-order valence-electron chi connectivity index (χ3n) is 3.98. The van der Waals surface area contributed by atoms with E-state index in [2.05, 4.69) is 24.4 Å². The maximum absolute atomic E-state index is 8.77. The third kappa shape index (κ3) is 6.67. The number of hydrogen-bond donors (Lipinski definition) is 2. The standard InChI is InChI=1S/C20H26ClNO3/c1-15(12-16-6-8-19(9-7-16)25-11-10-23)22-14-20(24-2)17-4-3-5-18(21)13-17/h3-9,13,15,20,22-23H,10-12,14H2,1-2H3. The number of aliphatic hydroxyl groups excluding tert-OH is 1. The van der Waals surface area contributed by atoms with Gasteiger partial charge in [0.25, 0.3) is 0 Å². The number of benzene rings is 2. The minimum Gasteiger partial charge on any atom is -0.491 e. The summed E-state index contributed by atoms with van der Waals surface area (Å²) in [6.45, 7) is 3.21. The van der Waals surface area contributed by atoms with E-state index in [0.29, 0.717) is 12.6 Å². The van der Waals surface area contributed by atoms with E-state index < -0.39 is 0 Å². The Morgan fingerprint density at radius 2 is 1.92 bits per heavy atom. The zero-order chi connectivity index (χ0) is 18.1. The van der Waals surface area contributed by atoms with Crippen LogP contribution in [0.25, 0.3) is 0 Å². The van der Waals surface area contributed by atoms with Crippen molar-refractivity contribution in [2.24, 2.45) is 0 Å². The number of nitrogens with one attached hydrogen (secondary N) is 1. The molecule has 2 unspecified atom stereocenters. The molecule has 0 aliphatic heterocycles. The molecule has 0 aliphatic carbocycles. The van der Waals surface area contributed by atoms with Crippen molar-refractivity contribution in [3.05, 3.63) is 64.7 Å². The summed E-state index contributed by atoms with van der Waals surface area (Å²) in [5, 5.41) is 13.0. The largest absolute Gasteiger partial charge is 0.491 e. The van der Waals surface area contributed by atoms with Crippen molar-refractivity contribution in [2.75, 3.05) is 26.9 Å². The van der Waals surface area contributed by atoms with Gasteiger partial charge in [-0.25, -0.2) is 0 Å². The van der Waals surface area contributed by atoms with Gasteiger partial charge >= 0.3 is 0 Å². The maximum atomic E-state index is 8.77. The Hall–Kier alpha value is -1.59. The summed E-state index contributed by atoms with van der Waals surface area (Å²) in [5.41, 5.74) is 2.30. The Labute approximate surface area is 154 Å². The van der Waals surface area contributed by atoms with Crippen molar-refractivity contribution in [1.29, 1.82) is 0 Å². The SMILES string of the molecule is COC(CNC(C)Cc1ccc(OCCO)cc1)c1cccc(Cl)c1. The van der Waals surface area contributed by atoms with Gasteiger partial charge in [-0.15, -0.1) is 0 Å². The second kappa shape index (κ2) is 10.4. The number of ether oxygens (including phenoxy) is 2. The van der Waals surface area contributed by atoms with E-state index in [-0.39, 0.29) is 12.7 Å². The topological polar surface area (TPSA) is 50.7 Å². The van der Waals surface area contributed by atoms with Crippen LogP contribution in [0.2, 0.25) is 5.02 Å². The van der Waals surface area contributed by atoms with Crippen LogP contribution in [-0.4, -0.2) is 38.0 Å². The summed E-state index contributed by atoms with van der Waals surface area (Å²) < 4.78 is 11.0. The fourth-order valence-electron chi connectivity index (χ4n) is 2.66. The van der Waals surface area contributed by atoms with Gasteiger partial charge in [0.2, 0.25) is 0 Å². The van der Waals surface area contributed by atoms with Crippen LogP contribution in [0.4, 0.5) is 0 Å². The first-order chi connectivity index (χ1) is 12.1. The first kappa shape index (κ1) is 19.7. The Kier molecular flexibility index (Phi) is 8.22. The molecule has 2 aromatic carbocycles. The Bertz CT molecular complexity index is 633. The number of rotatable bonds is 10. The molecule has 4 nitrogen and oxygen atoms in total. The van der Waals surface area contributed by atoms with Gasteiger partial charge in [-0.3, -0.25) is 0 Å². The van der Waals surface area contributed by atoms with E-state index in [4.69, 9.17) is 26.2 Å². The number of aliphatic hydroxyl groups is 1. The number of hydrogen-bond acceptors (Lipinski definition) is 4. The molecule has 5 heteroatoms. The molecule has 0 radical (unpaired) electrons. The molecule has 0 fully saturated rings. The van der Waals surface area contributed by atoms with Crippen LogP contribution in [0.1, 0.15) is 24.2 Å². The summed E-state index contributed by atoms with van der Waals surface area (Å²) in [6.07, 6.45) is 0.877. The smallest absolute Gasteiger partial charge is 0.119 e. The summed E-state index contributed by atoms with van der Waals surface area (Å²) in [4.78, 5) is 0. The predicted octanol–water partition coefficient (Wildman–Crippen LogP) is 3.62. The zero-order valence-electron chi connectivity index (χ0n) is 14.7. The van der Waals surface area contributed by atoms with Crippen LogP contribution >= 0.6 is 11.6 Å². The van der Waals surface area contributed by atoms with Gasteiger partial charge in [0.05, 0.1) is 12.7 Å². The first-order valence-corrected chi connectivity index (χ1v) is 8.84. The molecule has 2 aromatic rings. The lowest BCUT2D eigenvalue weighted by Crippen LogP contribution is -2.32. The third-order valence-corrected chi connectivity index (χ3v) is 4.22. The van der Waals surface area contributed by atoms with E-state index in [0.717, 1.165) is 29.3 Å². The highest BCUT2D eigenvalue weighted by molar-refractivity contribution is 6.30. The molecule has 0 amide bonds. The number of methoxy groups -OCH3 is 1. The molecule has 0 aliphatic rings. The second-order valence-electron chi connectivity index (χ2n) is 6.01. The minimum atomic E-state index is -0.0320. The lowest BCUT2D eigenvalue weighted by atomic mass is 10.1. The Morgan fingerprint density at radius 3 is 2.56 bits per heavy atom. The molecule has 2 rings (SSSR count). The van der Waals surface area contributed by atoms with Gasteiger partial charge in [0, 0.05) is 24.7 Å². The molecule has 0 saturated heterocycles. The first-order valence-electron chi connectivity index (χ1n) is 8.46. The molecular formula is C20H26ClNO3. The van der Waals surface area contributed by atoms with Crippen LogP contribution in [0.5, 0.6) is 5.75 Å². The molecule has 0 saturated carbocycles. The molecule has 0 aromatic heterocycles. The van der Waals surface area contributed by atoms with Gasteiger partial charge in [-0.05, 0) is 48.7 Å². The van der Waals surface area contributed by atoms with Gasteiger partial charge < -0.3 is 19.9 Å². The monoisotopic (exact) mass is 363 g/mol. The van der Waals surface area contributed by atoms with Crippen molar-refractivity contribution < 1.29 is 14.6 Å². The van der Waals surface area contributed by atoms with Crippen LogP contribution in [0.3, 0.4) is 0 Å². The van der Waals surface area contributed by atoms with Crippen LogP contribution in [0.15, 0.2) is 48.5 Å². The average Bonchev–Trinajstić information content (AvgIpc) is 2.62. The molecule has 0 spiro atoms. The summed E-state index contributed by atoms with van der Waals surface area (Å²) >= 11 is 6.06. The lowest BCUT2D eigenvalue weighted by Gasteiger charge is -2.20.